The second kappa shape index (κ2) is 24.3. The van der Waals surface area contributed by atoms with Crippen LogP contribution in [0.4, 0.5) is 0 Å². The minimum atomic E-state index is -1.49. The standard InChI is InChI=1S/C86H88O12/c1-48(44-88)66-41-72-65-30-29-60-59-26-23-51(58-18-11-20-71-62(58)28-25-56-15-10-14-55-24-21-50-13-3-5-19-70(50)86(55,56)71)38-53(59)40-75(91)95-80-78-74(32-31-64-69(45-89)77(83(93)96-79(64)78)52(33-37-87)46-94-47-90)98-85(81(80)97-82(66)92)36-7-6-17-63(60)76(65)54(43-84(72)34-8-9-35-84)39-68-61-27-22-49-12-2-4-16-57(49)67(61)42-73(68)85/h2-5,11-13,16,18-24,26-27,29-32,51-56,59,61,67-68,72-73,80-81,87-90H,8-10,14-15,17,25,28,33-47H2,1H3/b66-48-/t51-,52-,53+,54+,55+,56+,59-,61+,67+,68-,72+,73-,80-,81+,85+,86+/m1/s1. The number of carbonyl (C=O) groups is 2. The van der Waals surface area contributed by atoms with E-state index in [9.17, 15) is 20.4 Å². The summed E-state index contributed by atoms with van der Waals surface area (Å²) in [5.74, 6) is 6.17. The predicted octanol–water partition coefficient (Wildman–Crippen LogP) is 14.8. The van der Waals surface area contributed by atoms with Crippen LogP contribution in [0.3, 0.4) is 0 Å². The van der Waals surface area contributed by atoms with Crippen molar-refractivity contribution in [3.05, 3.63) is 215 Å². The molecule has 4 N–H and O–H groups in total. The van der Waals surface area contributed by atoms with Gasteiger partial charge in [-0.1, -0.05) is 146 Å². The molecule has 0 amide bonds. The van der Waals surface area contributed by atoms with Crippen LogP contribution < -0.4 is 10.4 Å². The maximum atomic E-state index is 16.5. The largest absolute Gasteiger partial charge is 0.481 e. The number of aliphatic hydroxyl groups excluding tert-OH is 4. The quantitative estimate of drug-likeness (QED) is 0.0269. The molecular weight excluding hydrogens is 1220 g/mol. The molecule has 12 nitrogen and oxygen atoms in total. The van der Waals surface area contributed by atoms with E-state index < -0.39 is 54.7 Å². The van der Waals surface area contributed by atoms with E-state index in [0.717, 1.165) is 57.8 Å². The molecule has 3 spiro atoms. The summed E-state index contributed by atoms with van der Waals surface area (Å²) in [5.41, 5.74) is 13.4. The number of carbonyl (C=O) groups excluding carboxylic acids is 2. The van der Waals surface area contributed by atoms with Crippen LogP contribution >= 0.6 is 0 Å². The molecule has 0 saturated heterocycles. The third kappa shape index (κ3) is 9.37. The Labute approximate surface area is 573 Å². The number of fused-ring (bicyclic) bond motifs is 14. The normalized spacial score (nSPS) is 33.1. The van der Waals surface area contributed by atoms with Crippen molar-refractivity contribution in [1.82, 2.24) is 0 Å². The Morgan fingerprint density at radius 2 is 1.56 bits per heavy atom. The zero-order chi connectivity index (χ0) is 66.3. The highest BCUT2D eigenvalue weighted by atomic mass is 16.6. The van der Waals surface area contributed by atoms with Crippen molar-refractivity contribution in [2.24, 2.45) is 40.9 Å². The van der Waals surface area contributed by atoms with Crippen molar-refractivity contribution in [1.29, 1.82) is 0 Å². The molecule has 18 rings (SSSR count). The number of benzene rings is 5. The van der Waals surface area contributed by atoms with Gasteiger partial charge >= 0.3 is 17.6 Å². The van der Waals surface area contributed by atoms with Crippen molar-refractivity contribution >= 4 is 35.1 Å². The fraction of sp³-hybridized carbons (Fsp3) is 0.477. The summed E-state index contributed by atoms with van der Waals surface area (Å²) in [6.45, 7) is -0.238. The SMILES string of the molecule is C/C(CO)=C1\C[C@H]2c3ccc4c5c3[C@@H](C[C@@H]3[C@H]6C=Cc7ccccc7[C@@H]6C[C@H]3[C@]3(CC#CC5)Oc5ccc6c(CO)c([C@H](CCO)COCO)c(=O)oc6c5[C@@H](OC(=O)C[C@@H]5C[C@H](c6cccc7c6CC[C@@H]6CCC[C@H]8C=Cc9ccccc9[C@@]768)C=C[C@@H]45)[C@@H]3OC1=O)CC21CCCC1. The van der Waals surface area contributed by atoms with E-state index in [1.807, 2.05) is 13.0 Å². The highest BCUT2D eigenvalue weighted by Gasteiger charge is 2.66. The molecule has 12 heteroatoms. The number of esters is 2. The van der Waals surface area contributed by atoms with Gasteiger partial charge in [0, 0.05) is 65.1 Å². The lowest BCUT2D eigenvalue weighted by atomic mass is 9.48. The molecule has 98 heavy (non-hydrogen) atoms. The van der Waals surface area contributed by atoms with E-state index in [-0.39, 0.29) is 125 Å². The number of allylic oxidation sites excluding steroid dienone is 4. The van der Waals surface area contributed by atoms with Crippen LogP contribution in [0.2, 0.25) is 0 Å². The molecule has 0 unspecified atom stereocenters. The summed E-state index contributed by atoms with van der Waals surface area (Å²) >= 11 is 0. The molecule has 9 aliphatic carbocycles. The first kappa shape index (κ1) is 62.6. The topological polar surface area (TPSA) is 182 Å². The predicted molar refractivity (Wildman–Crippen MR) is 373 cm³/mol. The van der Waals surface area contributed by atoms with Gasteiger partial charge in [0.05, 0.1) is 31.8 Å². The zero-order valence-corrected chi connectivity index (χ0v) is 56.0. The van der Waals surface area contributed by atoms with Gasteiger partial charge < -0.3 is 43.8 Å². The Morgan fingerprint density at radius 1 is 0.745 bits per heavy atom. The van der Waals surface area contributed by atoms with Gasteiger partial charge in [0.25, 0.3) is 0 Å². The third-order valence-electron chi connectivity index (χ3n) is 27.3. The maximum absolute atomic E-state index is 16.5. The third-order valence-corrected chi connectivity index (χ3v) is 27.3. The Morgan fingerprint density at radius 3 is 2.41 bits per heavy atom. The van der Waals surface area contributed by atoms with E-state index in [1.165, 1.54) is 74.0 Å². The van der Waals surface area contributed by atoms with Crippen LogP contribution in [-0.4, -0.2) is 70.7 Å². The number of hydrogen-bond donors (Lipinski definition) is 4. The molecule has 3 saturated carbocycles. The van der Waals surface area contributed by atoms with Gasteiger partial charge in [-0.05, 0) is 221 Å². The molecule has 5 aromatic carbocycles. The number of hydrogen-bond acceptors (Lipinski definition) is 12. The summed E-state index contributed by atoms with van der Waals surface area (Å²) in [7, 11) is 0. The second-order valence-corrected chi connectivity index (χ2v) is 31.4. The van der Waals surface area contributed by atoms with Crippen molar-refractivity contribution in [2.75, 3.05) is 26.6 Å². The van der Waals surface area contributed by atoms with Crippen LogP contribution in [0.5, 0.6) is 5.75 Å². The van der Waals surface area contributed by atoms with Crippen LogP contribution in [0.1, 0.15) is 229 Å². The second-order valence-electron chi connectivity index (χ2n) is 31.4. The molecule has 6 bridgehead atoms. The van der Waals surface area contributed by atoms with Crippen molar-refractivity contribution in [2.45, 2.75) is 188 Å². The molecule has 0 radical (unpaired) electrons. The van der Waals surface area contributed by atoms with Crippen molar-refractivity contribution in [3.63, 3.8) is 0 Å². The fourth-order valence-electron chi connectivity index (χ4n) is 23.4. The van der Waals surface area contributed by atoms with Gasteiger partial charge in [0.1, 0.15) is 18.1 Å². The molecular formula is C86H88O12. The van der Waals surface area contributed by atoms with Crippen molar-refractivity contribution < 1.29 is 53.4 Å². The van der Waals surface area contributed by atoms with Crippen LogP contribution in [0, 0.1) is 52.8 Å². The van der Waals surface area contributed by atoms with E-state index in [2.05, 4.69) is 127 Å². The maximum Gasteiger partial charge on any atom is 0.340 e. The summed E-state index contributed by atoms with van der Waals surface area (Å²) in [6, 6.07) is 33.3. The Balaban J connectivity index is 0.888. The van der Waals surface area contributed by atoms with E-state index >= 15 is 14.4 Å². The molecule has 1 aromatic heterocycles. The number of rotatable bonds is 9. The summed E-state index contributed by atoms with van der Waals surface area (Å²) < 4.78 is 35.1. The zero-order valence-electron chi connectivity index (χ0n) is 56.0. The van der Waals surface area contributed by atoms with Gasteiger partial charge in [-0.2, -0.15) is 0 Å². The van der Waals surface area contributed by atoms with Crippen LogP contribution in [0.25, 0.3) is 23.1 Å². The van der Waals surface area contributed by atoms with Crippen LogP contribution in [0.15, 0.2) is 136 Å². The molecule has 3 aliphatic heterocycles. The fourth-order valence-corrected chi connectivity index (χ4v) is 23.4. The van der Waals surface area contributed by atoms with E-state index in [0.29, 0.717) is 59.8 Å². The Hall–Kier alpha value is -7.63. The van der Waals surface area contributed by atoms with Crippen molar-refractivity contribution in [3.8, 4) is 17.6 Å². The molecule has 16 atom stereocenters. The summed E-state index contributed by atoms with van der Waals surface area (Å²) in [4.78, 5) is 48.2. The first-order chi connectivity index (χ1) is 48.0. The Bertz CT molecular complexity index is 4530. The minimum Gasteiger partial charge on any atom is -0.481 e. The molecule has 4 heterocycles. The lowest BCUT2D eigenvalue weighted by molar-refractivity contribution is -0.205. The smallest absolute Gasteiger partial charge is 0.340 e. The average molecular weight is 1310 g/mol. The first-order valence-corrected chi connectivity index (χ1v) is 36.9. The van der Waals surface area contributed by atoms with Gasteiger partial charge in [-0.15, -0.1) is 0 Å². The monoisotopic (exact) mass is 1310 g/mol. The van der Waals surface area contributed by atoms with E-state index in [4.69, 9.17) is 23.4 Å². The lowest BCUT2D eigenvalue weighted by Gasteiger charge is -2.55. The summed E-state index contributed by atoms with van der Waals surface area (Å²) in [5, 5.41) is 43.5. The molecule has 504 valence electrons. The highest BCUT2D eigenvalue weighted by molar-refractivity contribution is 5.91. The lowest BCUT2D eigenvalue weighted by Crippen LogP contribution is -2.61. The van der Waals surface area contributed by atoms with Gasteiger partial charge in [-0.3, -0.25) is 4.79 Å². The number of aliphatic hydroxyl groups is 4. The number of ether oxygens (including phenoxy) is 4. The van der Waals surface area contributed by atoms with E-state index in [1.54, 1.807) is 6.07 Å². The molecule has 3 fully saturated rings. The van der Waals surface area contributed by atoms with Gasteiger partial charge in [-0.25, -0.2) is 9.59 Å². The highest BCUT2D eigenvalue weighted by Crippen LogP contribution is 2.68. The summed E-state index contributed by atoms with van der Waals surface area (Å²) in [6.07, 6.45) is 25.7. The van der Waals surface area contributed by atoms with Crippen LogP contribution in [-0.2, 0) is 48.7 Å². The first-order valence-electron chi connectivity index (χ1n) is 36.9. The molecule has 6 aromatic rings. The minimum absolute atomic E-state index is 0.00547. The Kier molecular flexibility index (Phi) is 15.5. The van der Waals surface area contributed by atoms with Gasteiger partial charge in [0.15, 0.2) is 17.8 Å². The van der Waals surface area contributed by atoms with Gasteiger partial charge in [0.2, 0.25) is 0 Å². The molecule has 12 aliphatic rings. The average Bonchev–Trinajstić information content (AvgIpc) is 0.972.